The van der Waals surface area contributed by atoms with Gasteiger partial charge in [0.1, 0.15) is 0 Å². The Labute approximate surface area is 151 Å². The zero-order valence-corrected chi connectivity index (χ0v) is 14.1. The molecule has 0 aliphatic carbocycles. The van der Waals surface area contributed by atoms with Crippen LogP contribution in [-0.4, -0.2) is 20.3 Å². The van der Waals surface area contributed by atoms with E-state index in [0.717, 1.165) is 10.9 Å². The van der Waals surface area contributed by atoms with Crippen LogP contribution in [0.1, 0.15) is 0 Å². The Morgan fingerprint density at radius 1 is 1.12 bits per heavy atom. The first kappa shape index (κ1) is 16.4. The number of H-pyrrole nitrogens is 1. The Morgan fingerprint density at radius 3 is 2.81 bits per heavy atom. The molecule has 0 saturated carbocycles. The van der Waals surface area contributed by atoms with Crippen molar-refractivity contribution in [3.63, 3.8) is 0 Å². The van der Waals surface area contributed by atoms with E-state index in [4.69, 9.17) is 5.21 Å². The number of nitrogens with one attached hydrogen (secondary N) is 2. The fourth-order valence-electron chi connectivity index (χ4n) is 2.56. The van der Waals surface area contributed by atoms with Crippen LogP contribution >= 0.6 is 11.3 Å². The lowest BCUT2D eigenvalue weighted by atomic mass is 10.1. The van der Waals surface area contributed by atoms with E-state index in [0.29, 0.717) is 22.1 Å². The minimum Gasteiger partial charge on any atom is -0.595 e. The van der Waals surface area contributed by atoms with E-state index in [1.165, 1.54) is 17.4 Å². The first-order valence-electron chi connectivity index (χ1n) is 7.62. The average Bonchev–Trinajstić information content (AvgIpc) is 3.24. The molecule has 0 aliphatic heterocycles. The van der Waals surface area contributed by atoms with Gasteiger partial charge in [0.15, 0.2) is 11.4 Å². The Kier molecular flexibility index (Phi) is 4.19. The Bertz CT molecular complexity index is 1100. The molecule has 0 saturated heterocycles. The maximum Gasteiger partial charge on any atom is 0.230 e. The van der Waals surface area contributed by atoms with E-state index < -0.39 is 5.23 Å². The third kappa shape index (κ3) is 3.07. The van der Waals surface area contributed by atoms with Crippen molar-refractivity contribution >= 4 is 38.7 Å². The summed E-state index contributed by atoms with van der Waals surface area (Å²) in [6.45, 7) is 0. The van der Waals surface area contributed by atoms with Gasteiger partial charge in [0.05, 0.1) is 11.2 Å². The number of fused-ring (bicyclic) bond motifs is 1. The van der Waals surface area contributed by atoms with Gasteiger partial charge in [0.2, 0.25) is 11.0 Å². The molecule has 0 radical (unpaired) electrons. The zero-order chi connectivity index (χ0) is 18.1. The van der Waals surface area contributed by atoms with Crippen molar-refractivity contribution in [1.29, 1.82) is 0 Å². The number of aromatic amines is 1. The number of thiazole rings is 1. The quantitative estimate of drug-likeness (QED) is 0.323. The highest BCUT2D eigenvalue weighted by Gasteiger charge is 2.11. The third-order valence-electron chi connectivity index (χ3n) is 3.79. The summed E-state index contributed by atoms with van der Waals surface area (Å²) >= 11 is 1.28. The topological polar surface area (TPSA) is 121 Å². The first-order valence-corrected chi connectivity index (χ1v) is 8.50. The van der Waals surface area contributed by atoms with Crippen molar-refractivity contribution in [1.82, 2.24) is 9.97 Å². The van der Waals surface area contributed by atoms with Gasteiger partial charge in [0, 0.05) is 28.5 Å². The Morgan fingerprint density at radius 2 is 1.96 bits per heavy atom. The van der Waals surface area contributed by atoms with E-state index in [9.17, 15) is 10.3 Å². The van der Waals surface area contributed by atoms with Crippen LogP contribution in [0.25, 0.3) is 22.2 Å². The summed E-state index contributed by atoms with van der Waals surface area (Å²) in [5.74, 6) is -0.0547. The lowest BCUT2D eigenvalue weighted by Crippen LogP contribution is -2.99. The monoisotopic (exact) mass is 367 g/mol. The molecule has 4 N–H and O–H groups in total. The van der Waals surface area contributed by atoms with Crippen LogP contribution in [0.5, 0.6) is 5.88 Å². The number of aromatic nitrogens is 2. The minimum atomic E-state index is -0.989. The normalized spacial score (nSPS) is 12.8. The smallest absolute Gasteiger partial charge is 0.230 e. The van der Waals surface area contributed by atoms with E-state index in [1.54, 1.807) is 23.6 Å². The molecule has 1 unspecified atom stereocenters. The SMILES string of the molecule is [O-][NH+](O)c1cccc(-c2csc(N=Nc3c(O)[nH]c4ccccc34)n2)c1. The van der Waals surface area contributed by atoms with Crippen molar-refractivity contribution in [2.45, 2.75) is 0 Å². The summed E-state index contributed by atoms with van der Waals surface area (Å²) in [7, 11) is 0. The highest BCUT2D eigenvalue weighted by Crippen LogP contribution is 2.36. The van der Waals surface area contributed by atoms with Gasteiger partial charge < -0.3 is 15.3 Å². The lowest BCUT2D eigenvalue weighted by molar-refractivity contribution is -0.991. The van der Waals surface area contributed by atoms with Gasteiger partial charge in [-0.15, -0.1) is 21.6 Å². The van der Waals surface area contributed by atoms with Crippen molar-refractivity contribution in [3.05, 3.63) is 59.1 Å². The van der Waals surface area contributed by atoms with Gasteiger partial charge >= 0.3 is 0 Å². The summed E-state index contributed by atoms with van der Waals surface area (Å²) in [5.41, 5.74) is 2.63. The van der Waals surface area contributed by atoms with Gasteiger partial charge in [-0.1, -0.05) is 30.3 Å². The van der Waals surface area contributed by atoms with Crippen LogP contribution in [0.3, 0.4) is 0 Å². The maximum atomic E-state index is 11.1. The largest absolute Gasteiger partial charge is 0.595 e. The number of azo groups is 1. The van der Waals surface area contributed by atoms with Gasteiger partial charge in [-0.05, 0) is 6.07 Å². The summed E-state index contributed by atoms with van der Waals surface area (Å²) < 4.78 is 0. The number of quaternary nitrogens is 1. The van der Waals surface area contributed by atoms with Crippen molar-refractivity contribution < 1.29 is 15.5 Å². The standard InChI is InChI=1S/C17H13N5O3S/c23-16-15(12-6-1-2-7-13(12)18-16)20-21-17-19-14(9-26-17)10-4-3-5-11(8-10)22(24)25/h1-9,18,22-24H. The molecule has 4 aromatic rings. The second-order valence-electron chi connectivity index (χ2n) is 5.47. The molecule has 130 valence electrons. The van der Waals surface area contributed by atoms with Crippen LogP contribution in [0, 0.1) is 5.21 Å². The molecular formula is C17H13N5O3S. The molecule has 4 rings (SSSR count). The molecule has 2 aromatic heterocycles. The summed E-state index contributed by atoms with van der Waals surface area (Å²) in [6.07, 6.45) is 0. The minimum absolute atomic E-state index is 0.0547. The van der Waals surface area contributed by atoms with Crippen LogP contribution in [-0.2, 0) is 0 Å². The molecule has 26 heavy (non-hydrogen) atoms. The molecule has 1 atom stereocenters. The van der Waals surface area contributed by atoms with Crippen molar-refractivity contribution in [2.24, 2.45) is 10.2 Å². The third-order valence-corrected chi connectivity index (χ3v) is 4.52. The van der Waals surface area contributed by atoms with Crippen LogP contribution < -0.4 is 5.23 Å². The molecule has 0 amide bonds. The lowest BCUT2D eigenvalue weighted by Gasteiger charge is -2.11. The van der Waals surface area contributed by atoms with E-state index in [2.05, 4.69) is 20.2 Å². The van der Waals surface area contributed by atoms with E-state index in [1.807, 2.05) is 24.3 Å². The fraction of sp³-hybridized carbons (Fsp3) is 0. The van der Waals surface area contributed by atoms with Gasteiger partial charge in [-0.3, -0.25) is 0 Å². The van der Waals surface area contributed by atoms with Crippen molar-refractivity contribution in [2.75, 3.05) is 0 Å². The number of hydrogen-bond donors (Lipinski definition) is 4. The van der Waals surface area contributed by atoms with E-state index in [-0.39, 0.29) is 11.6 Å². The second kappa shape index (κ2) is 6.65. The molecule has 8 nitrogen and oxygen atoms in total. The van der Waals surface area contributed by atoms with Crippen LogP contribution in [0.4, 0.5) is 16.5 Å². The number of rotatable bonds is 4. The second-order valence-corrected chi connectivity index (χ2v) is 6.31. The molecule has 2 aromatic carbocycles. The predicted octanol–water partition coefficient (Wildman–Crippen LogP) is 3.82. The van der Waals surface area contributed by atoms with E-state index >= 15 is 0 Å². The predicted molar refractivity (Wildman–Crippen MR) is 97.5 cm³/mol. The van der Waals surface area contributed by atoms with Gasteiger partial charge in [0.25, 0.3) is 0 Å². The maximum absolute atomic E-state index is 11.1. The summed E-state index contributed by atoms with van der Waals surface area (Å²) in [4.78, 5) is 7.20. The molecular weight excluding hydrogens is 354 g/mol. The first-order chi connectivity index (χ1) is 12.6. The average molecular weight is 367 g/mol. The van der Waals surface area contributed by atoms with Crippen LogP contribution in [0.2, 0.25) is 0 Å². The molecule has 0 aliphatic rings. The number of hydrogen-bond acceptors (Lipinski definition) is 7. The molecule has 0 bridgehead atoms. The molecule has 2 heterocycles. The number of aromatic hydroxyl groups is 1. The Balaban J connectivity index is 1.63. The number of benzene rings is 2. The van der Waals surface area contributed by atoms with Crippen LogP contribution in [0.15, 0.2) is 64.1 Å². The number of para-hydroxylation sites is 1. The summed E-state index contributed by atoms with van der Waals surface area (Å²) in [6, 6.07) is 13.9. The Hall–Kier alpha value is -3.11. The molecule has 9 heteroatoms. The number of nitrogens with zero attached hydrogens (tertiary/aromatic N) is 3. The fourth-order valence-corrected chi connectivity index (χ4v) is 3.21. The highest BCUT2D eigenvalue weighted by molar-refractivity contribution is 7.13. The van der Waals surface area contributed by atoms with Crippen molar-refractivity contribution in [3.8, 4) is 17.1 Å². The highest BCUT2D eigenvalue weighted by atomic mass is 32.1. The molecule has 0 spiro atoms. The van der Waals surface area contributed by atoms with Gasteiger partial charge in [-0.2, -0.15) is 5.23 Å². The zero-order valence-electron chi connectivity index (χ0n) is 13.2. The summed E-state index contributed by atoms with van der Waals surface area (Å²) in [5, 5.41) is 40.3. The van der Waals surface area contributed by atoms with Gasteiger partial charge in [-0.25, -0.2) is 10.2 Å². The molecule has 0 fully saturated rings.